The molecule has 0 aliphatic carbocycles. The standard InChI is InChI=1S/C26H28FN3O3S/c1-3-18-16-20(25(32)19-8-4-7-11-23(19)33-2)26(34-18)28-24(31)17-29-12-14-30(15-13-29)22-10-6-5-9-21(22)27/h4-11,16H,3,12-15,17H2,1-2H3,(H,28,31). The molecule has 1 aliphatic heterocycles. The molecule has 0 unspecified atom stereocenters. The molecule has 8 heteroatoms. The number of ether oxygens (including phenoxy) is 1. The van der Waals surface area contributed by atoms with E-state index in [-0.39, 0.29) is 24.1 Å². The van der Waals surface area contributed by atoms with Gasteiger partial charge in [-0.2, -0.15) is 0 Å². The third-order valence-electron chi connectivity index (χ3n) is 5.91. The van der Waals surface area contributed by atoms with Crippen LogP contribution >= 0.6 is 11.3 Å². The summed E-state index contributed by atoms with van der Waals surface area (Å²) in [4.78, 5) is 31.2. The normalized spacial score (nSPS) is 14.1. The third kappa shape index (κ3) is 5.29. The summed E-state index contributed by atoms with van der Waals surface area (Å²) >= 11 is 1.42. The van der Waals surface area contributed by atoms with Crippen molar-refractivity contribution in [3.8, 4) is 5.75 Å². The van der Waals surface area contributed by atoms with Crippen LogP contribution in [0.25, 0.3) is 0 Å². The zero-order valence-corrected chi connectivity index (χ0v) is 20.2. The van der Waals surface area contributed by atoms with Gasteiger partial charge in [0, 0.05) is 31.1 Å². The lowest BCUT2D eigenvalue weighted by atomic mass is 10.0. The number of benzene rings is 2. The maximum absolute atomic E-state index is 14.1. The monoisotopic (exact) mass is 481 g/mol. The lowest BCUT2D eigenvalue weighted by Crippen LogP contribution is -2.48. The number of hydrogen-bond donors (Lipinski definition) is 1. The molecular formula is C26H28FN3O3S. The average Bonchev–Trinajstić information content (AvgIpc) is 3.27. The van der Waals surface area contributed by atoms with Crippen molar-refractivity contribution < 1.29 is 18.7 Å². The number of carbonyl (C=O) groups is 2. The van der Waals surface area contributed by atoms with E-state index >= 15 is 0 Å². The molecular weight excluding hydrogens is 453 g/mol. The number of nitrogens with zero attached hydrogens (tertiary/aromatic N) is 2. The van der Waals surface area contributed by atoms with Crippen LogP contribution in [-0.4, -0.2) is 56.4 Å². The number of thiophene rings is 1. The quantitative estimate of drug-likeness (QED) is 0.482. The topological polar surface area (TPSA) is 61.9 Å². The molecule has 1 aromatic heterocycles. The molecule has 0 bridgehead atoms. The Morgan fingerprint density at radius 3 is 2.44 bits per heavy atom. The van der Waals surface area contributed by atoms with Crippen LogP contribution in [0.2, 0.25) is 0 Å². The number of anilines is 2. The Bertz CT molecular complexity index is 1170. The van der Waals surface area contributed by atoms with Crippen molar-refractivity contribution in [2.75, 3.05) is 50.1 Å². The summed E-state index contributed by atoms with van der Waals surface area (Å²) < 4.78 is 19.4. The van der Waals surface area contributed by atoms with E-state index in [2.05, 4.69) is 5.32 Å². The summed E-state index contributed by atoms with van der Waals surface area (Å²) in [5.74, 6) is -0.0766. The van der Waals surface area contributed by atoms with Gasteiger partial charge in [0.1, 0.15) is 16.6 Å². The Morgan fingerprint density at radius 2 is 1.74 bits per heavy atom. The van der Waals surface area contributed by atoms with Crippen LogP contribution in [0.3, 0.4) is 0 Å². The smallest absolute Gasteiger partial charge is 0.239 e. The summed E-state index contributed by atoms with van der Waals surface area (Å²) in [5.41, 5.74) is 1.53. The zero-order valence-electron chi connectivity index (χ0n) is 19.3. The number of nitrogens with one attached hydrogen (secondary N) is 1. The van der Waals surface area contributed by atoms with Crippen molar-refractivity contribution in [3.63, 3.8) is 0 Å². The van der Waals surface area contributed by atoms with Gasteiger partial charge in [0.05, 0.1) is 30.5 Å². The summed E-state index contributed by atoms with van der Waals surface area (Å²) in [6.45, 7) is 4.82. The number of para-hydroxylation sites is 2. The van der Waals surface area contributed by atoms with Crippen LogP contribution in [-0.2, 0) is 11.2 Å². The highest BCUT2D eigenvalue weighted by atomic mass is 32.1. The maximum atomic E-state index is 14.1. The van der Waals surface area contributed by atoms with Crippen LogP contribution in [0.5, 0.6) is 5.75 Å². The van der Waals surface area contributed by atoms with Crippen molar-refractivity contribution in [1.29, 1.82) is 0 Å². The fourth-order valence-electron chi connectivity index (χ4n) is 4.08. The molecule has 3 aromatic rings. The number of amides is 1. The van der Waals surface area contributed by atoms with Crippen molar-refractivity contribution in [2.24, 2.45) is 0 Å². The molecule has 178 valence electrons. The fourth-order valence-corrected chi connectivity index (χ4v) is 5.09. The van der Waals surface area contributed by atoms with Crippen LogP contribution in [0, 0.1) is 5.82 Å². The highest BCUT2D eigenvalue weighted by Crippen LogP contribution is 2.32. The van der Waals surface area contributed by atoms with E-state index in [1.807, 2.05) is 34.9 Å². The Kier molecular flexibility index (Phi) is 7.59. The van der Waals surface area contributed by atoms with E-state index in [4.69, 9.17) is 4.74 Å². The number of ketones is 1. The summed E-state index contributed by atoms with van der Waals surface area (Å²) in [6.07, 6.45) is 0.769. The molecule has 0 saturated carbocycles. The lowest BCUT2D eigenvalue weighted by molar-refractivity contribution is -0.117. The van der Waals surface area contributed by atoms with Gasteiger partial charge in [-0.3, -0.25) is 14.5 Å². The lowest BCUT2D eigenvalue weighted by Gasteiger charge is -2.35. The first-order valence-electron chi connectivity index (χ1n) is 11.3. The van der Waals surface area contributed by atoms with Crippen molar-refractivity contribution in [2.45, 2.75) is 13.3 Å². The number of rotatable bonds is 8. The van der Waals surface area contributed by atoms with Crippen molar-refractivity contribution in [1.82, 2.24) is 4.90 Å². The van der Waals surface area contributed by atoms with Gasteiger partial charge in [-0.1, -0.05) is 31.2 Å². The maximum Gasteiger partial charge on any atom is 0.239 e. The van der Waals surface area contributed by atoms with Gasteiger partial charge in [0.25, 0.3) is 0 Å². The Morgan fingerprint density at radius 1 is 1.03 bits per heavy atom. The first-order valence-corrected chi connectivity index (χ1v) is 12.1. The minimum atomic E-state index is -0.231. The van der Waals surface area contributed by atoms with Crippen molar-refractivity contribution in [3.05, 3.63) is 76.4 Å². The molecule has 2 aromatic carbocycles. The van der Waals surface area contributed by atoms with Crippen LogP contribution in [0.1, 0.15) is 27.7 Å². The molecule has 2 heterocycles. The average molecular weight is 482 g/mol. The molecule has 0 spiro atoms. The van der Waals surface area contributed by atoms with Crippen molar-refractivity contribution >= 4 is 33.7 Å². The molecule has 1 saturated heterocycles. The van der Waals surface area contributed by atoms with Gasteiger partial charge in [-0.15, -0.1) is 11.3 Å². The fraction of sp³-hybridized carbons (Fsp3) is 0.308. The Labute approximate surface area is 203 Å². The van der Waals surface area contributed by atoms with Gasteiger partial charge >= 0.3 is 0 Å². The molecule has 6 nitrogen and oxygen atoms in total. The number of methoxy groups -OCH3 is 1. The number of piperazine rings is 1. The second kappa shape index (κ2) is 10.8. The summed E-state index contributed by atoms with van der Waals surface area (Å²) in [7, 11) is 1.53. The van der Waals surface area contributed by atoms with E-state index in [1.54, 1.807) is 30.3 Å². The van der Waals surface area contributed by atoms with Gasteiger partial charge in [0.15, 0.2) is 5.78 Å². The number of halogens is 1. The second-order valence-electron chi connectivity index (χ2n) is 8.10. The highest BCUT2D eigenvalue weighted by molar-refractivity contribution is 7.16. The molecule has 1 amide bonds. The van der Waals surface area contributed by atoms with Crippen LogP contribution in [0.15, 0.2) is 54.6 Å². The minimum Gasteiger partial charge on any atom is -0.496 e. The van der Waals surface area contributed by atoms with Gasteiger partial charge in [-0.05, 0) is 36.8 Å². The largest absolute Gasteiger partial charge is 0.496 e. The zero-order chi connectivity index (χ0) is 24.1. The van der Waals surface area contributed by atoms with E-state index in [1.165, 1.54) is 24.5 Å². The number of hydrogen-bond acceptors (Lipinski definition) is 6. The highest BCUT2D eigenvalue weighted by Gasteiger charge is 2.24. The predicted molar refractivity (Wildman–Crippen MR) is 134 cm³/mol. The summed E-state index contributed by atoms with van der Waals surface area (Å²) in [5, 5.41) is 3.51. The van der Waals surface area contributed by atoms with Crippen LogP contribution < -0.4 is 15.0 Å². The SMILES string of the molecule is CCc1cc(C(=O)c2ccccc2OC)c(NC(=O)CN2CCN(c3ccccc3F)CC2)s1. The molecule has 34 heavy (non-hydrogen) atoms. The van der Waals surface area contributed by atoms with Gasteiger partial charge in [0.2, 0.25) is 5.91 Å². The van der Waals surface area contributed by atoms with E-state index in [0.29, 0.717) is 53.7 Å². The van der Waals surface area contributed by atoms with Gasteiger partial charge in [-0.25, -0.2) is 4.39 Å². The molecule has 1 aliphatic rings. The first kappa shape index (κ1) is 23.9. The van der Waals surface area contributed by atoms with E-state index in [0.717, 1.165) is 11.3 Å². The Balaban J connectivity index is 1.41. The molecule has 0 atom stereocenters. The third-order valence-corrected chi connectivity index (χ3v) is 7.11. The molecule has 0 radical (unpaired) electrons. The first-order chi connectivity index (χ1) is 16.5. The summed E-state index contributed by atoms with van der Waals surface area (Å²) in [6, 6.07) is 15.7. The second-order valence-corrected chi connectivity index (χ2v) is 9.24. The molecule has 1 fully saturated rings. The molecule has 4 rings (SSSR count). The molecule has 1 N–H and O–H groups in total. The van der Waals surface area contributed by atoms with Crippen LogP contribution in [0.4, 0.5) is 15.1 Å². The van der Waals surface area contributed by atoms with Gasteiger partial charge < -0.3 is 15.0 Å². The predicted octanol–water partition coefficient (Wildman–Crippen LogP) is 4.45. The van der Waals surface area contributed by atoms with E-state index < -0.39 is 0 Å². The number of aryl methyl sites for hydroxylation is 1. The minimum absolute atomic E-state index is 0.169. The number of carbonyl (C=O) groups excluding carboxylic acids is 2. The Hall–Kier alpha value is -3.23. The van der Waals surface area contributed by atoms with E-state index in [9.17, 15) is 14.0 Å².